The van der Waals surface area contributed by atoms with Gasteiger partial charge in [0.1, 0.15) is 5.75 Å². The molecule has 10 heteroatoms. The first kappa shape index (κ1) is 24.4. The number of nitrogens with zero attached hydrogens (tertiary/aromatic N) is 2. The van der Waals surface area contributed by atoms with E-state index < -0.39 is 10.0 Å². The van der Waals surface area contributed by atoms with E-state index in [2.05, 4.69) is 32.4 Å². The molecule has 9 nitrogen and oxygen atoms in total. The van der Waals surface area contributed by atoms with Gasteiger partial charge in [-0.05, 0) is 31.5 Å². The smallest absolute Gasteiger partial charge is 0.211 e. The SMILES string of the molecule is CCNC(=NCC(c1ccc(OC)cc1)N1CCOCC1)NCCNS(=O)(=O)CC. The minimum atomic E-state index is -3.19. The third-order valence-electron chi connectivity index (χ3n) is 4.87. The molecule has 170 valence electrons. The van der Waals surface area contributed by atoms with Gasteiger partial charge in [-0.15, -0.1) is 0 Å². The summed E-state index contributed by atoms with van der Waals surface area (Å²) in [5.41, 5.74) is 1.17. The Balaban J connectivity index is 2.05. The van der Waals surface area contributed by atoms with Gasteiger partial charge in [0.15, 0.2) is 5.96 Å². The molecule has 1 aliphatic heterocycles. The van der Waals surface area contributed by atoms with Crippen molar-refractivity contribution < 1.29 is 17.9 Å². The maximum atomic E-state index is 11.6. The predicted octanol–water partition coefficient (Wildman–Crippen LogP) is 0.563. The first-order chi connectivity index (χ1) is 14.5. The Kier molecular flexibility index (Phi) is 10.4. The van der Waals surface area contributed by atoms with Gasteiger partial charge in [-0.2, -0.15) is 0 Å². The van der Waals surface area contributed by atoms with Crippen molar-refractivity contribution in [2.45, 2.75) is 19.9 Å². The van der Waals surface area contributed by atoms with E-state index in [0.29, 0.717) is 38.8 Å². The van der Waals surface area contributed by atoms with Crippen LogP contribution in [0.4, 0.5) is 0 Å². The molecule has 1 unspecified atom stereocenters. The van der Waals surface area contributed by atoms with Gasteiger partial charge in [-0.25, -0.2) is 13.1 Å². The zero-order valence-corrected chi connectivity index (χ0v) is 19.0. The fraction of sp³-hybridized carbons (Fsp3) is 0.650. The van der Waals surface area contributed by atoms with E-state index in [1.165, 1.54) is 5.56 Å². The number of hydrogen-bond donors (Lipinski definition) is 3. The van der Waals surface area contributed by atoms with Crippen LogP contribution in [0.15, 0.2) is 29.3 Å². The molecule has 2 rings (SSSR count). The lowest BCUT2D eigenvalue weighted by molar-refractivity contribution is 0.0179. The molecule has 1 saturated heterocycles. The number of sulfonamides is 1. The number of rotatable bonds is 11. The molecule has 30 heavy (non-hydrogen) atoms. The van der Waals surface area contributed by atoms with Crippen molar-refractivity contribution in [3.05, 3.63) is 29.8 Å². The Bertz CT molecular complexity index is 749. The Hall–Kier alpha value is -1.88. The van der Waals surface area contributed by atoms with Crippen LogP contribution in [0, 0.1) is 0 Å². The molecule has 1 aliphatic rings. The second-order valence-electron chi connectivity index (χ2n) is 6.88. The van der Waals surface area contributed by atoms with Crippen LogP contribution in [-0.2, 0) is 14.8 Å². The average molecular weight is 442 g/mol. The highest BCUT2D eigenvalue weighted by Crippen LogP contribution is 2.24. The first-order valence-corrected chi connectivity index (χ1v) is 12.1. The number of ether oxygens (including phenoxy) is 2. The normalized spacial score (nSPS) is 16.8. The summed E-state index contributed by atoms with van der Waals surface area (Å²) in [6.07, 6.45) is 0. The lowest BCUT2D eigenvalue weighted by Crippen LogP contribution is -2.43. The van der Waals surface area contributed by atoms with Crippen LogP contribution in [-0.4, -0.2) is 84.6 Å². The summed E-state index contributed by atoms with van der Waals surface area (Å²) in [5.74, 6) is 1.57. The van der Waals surface area contributed by atoms with Crippen molar-refractivity contribution >= 4 is 16.0 Å². The number of morpholine rings is 1. The molecule has 0 aliphatic carbocycles. The fourth-order valence-electron chi connectivity index (χ4n) is 3.16. The largest absolute Gasteiger partial charge is 0.497 e. The van der Waals surface area contributed by atoms with E-state index in [9.17, 15) is 8.42 Å². The minimum Gasteiger partial charge on any atom is -0.497 e. The van der Waals surface area contributed by atoms with Crippen molar-refractivity contribution in [1.82, 2.24) is 20.3 Å². The van der Waals surface area contributed by atoms with Gasteiger partial charge < -0.3 is 20.1 Å². The van der Waals surface area contributed by atoms with Crippen LogP contribution in [0.5, 0.6) is 5.75 Å². The molecule has 1 aromatic carbocycles. The number of aliphatic imine (C=N–C) groups is 1. The molecule has 0 saturated carbocycles. The number of methoxy groups -OCH3 is 1. The van der Waals surface area contributed by atoms with E-state index in [-0.39, 0.29) is 11.8 Å². The fourth-order valence-corrected chi connectivity index (χ4v) is 3.77. The van der Waals surface area contributed by atoms with Crippen LogP contribution in [0.25, 0.3) is 0 Å². The summed E-state index contributed by atoms with van der Waals surface area (Å²) in [5, 5.41) is 6.41. The van der Waals surface area contributed by atoms with Gasteiger partial charge in [-0.3, -0.25) is 9.89 Å². The third kappa shape index (κ3) is 8.10. The van der Waals surface area contributed by atoms with Crippen LogP contribution >= 0.6 is 0 Å². The van der Waals surface area contributed by atoms with Gasteiger partial charge in [0.05, 0.1) is 38.7 Å². The summed E-state index contributed by atoms with van der Waals surface area (Å²) in [6.45, 7) is 8.82. The standard InChI is InChI=1S/C20H35N5O4S/c1-4-21-20(22-10-11-24-30(26,27)5-2)23-16-19(25-12-14-29-15-13-25)17-6-8-18(28-3)9-7-17/h6-9,19,24H,4-5,10-16H2,1-3H3,(H2,21,22,23). The van der Waals surface area contributed by atoms with Crippen molar-refractivity contribution in [3.63, 3.8) is 0 Å². The summed E-state index contributed by atoms with van der Waals surface area (Å²) in [7, 11) is -1.53. The molecule has 1 aromatic rings. The Morgan fingerprint density at radius 3 is 2.47 bits per heavy atom. The summed E-state index contributed by atoms with van der Waals surface area (Å²) in [6, 6.07) is 8.21. The maximum absolute atomic E-state index is 11.6. The van der Waals surface area contributed by atoms with Gasteiger partial charge >= 0.3 is 0 Å². The molecule has 0 aromatic heterocycles. The van der Waals surface area contributed by atoms with Gasteiger partial charge in [0.25, 0.3) is 0 Å². The van der Waals surface area contributed by atoms with Gasteiger partial charge in [-0.1, -0.05) is 12.1 Å². The van der Waals surface area contributed by atoms with Crippen LogP contribution in [0.3, 0.4) is 0 Å². The summed E-state index contributed by atoms with van der Waals surface area (Å²) >= 11 is 0. The Labute approximate surface area is 180 Å². The van der Waals surface area contributed by atoms with Crippen molar-refractivity contribution in [2.75, 3.05) is 65.3 Å². The highest BCUT2D eigenvalue weighted by molar-refractivity contribution is 7.89. The Morgan fingerprint density at radius 1 is 1.17 bits per heavy atom. The molecule has 0 bridgehead atoms. The monoisotopic (exact) mass is 441 g/mol. The highest BCUT2D eigenvalue weighted by atomic mass is 32.2. The molecular formula is C20H35N5O4S. The highest BCUT2D eigenvalue weighted by Gasteiger charge is 2.22. The summed E-state index contributed by atoms with van der Waals surface area (Å²) in [4.78, 5) is 7.15. The Morgan fingerprint density at radius 2 is 1.87 bits per heavy atom. The molecule has 1 fully saturated rings. The van der Waals surface area contributed by atoms with Crippen LogP contribution in [0.2, 0.25) is 0 Å². The first-order valence-electron chi connectivity index (χ1n) is 10.4. The van der Waals surface area contributed by atoms with Gasteiger partial charge in [0.2, 0.25) is 10.0 Å². The van der Waals surface area contributed by atoms with Crippen LogP contribution < -0.4 is 20.1 Å². The van der Waals surface area contributed by atoms with E-state index in [4.69, 9.17) is 14.5 Å². The molecule has 1 heterocycles. The second kappa shape index (κ2) is 12.7. The van der Waals surface area contributed by atoms with Gasteiger partial charge in [0, 0.05) is 32.7 Å². The molecule has 0 radical (unpaired) electrons. The lowest BCUT2D eigenvalue weighted by atomic mass is 10.0. The molecule has 0 amide bonds. The third-order valence-corrected chi connectivity index (χ3v) is 6.28. The number of nitrogens with one attached hydrogen (secondary N) is 3. The zero-order chi connectivity index (χ0) is 21.8. The number of benzene rings is 1. The minimum absolute atomic E-state index is 0.0737. The second-order valence-corrected chi connectivity index (χ2v) is 8.98. The predicted molar refractivity (Wildman–Crippen MR) is 120 cm³/mol. The summed E-state index contributed by atoms with van der Waals surface area (Å²) < 4.78 is 36.5. The molecule has 3 N–H and O–H groups in total. The quantitative estimate of drug-likeness (QED) is 0.262. The maximum Gasteiger partial charge on any atom is 0.211 e. The van der Waals surface area contributed by atoms with Crippen molar-refractivity contribution in [1.29, 1.82) is 0 Å². The average Bonchev–Trinajstić information content (AvgIpc) is 2.78. The lowest BCUT2D eigenvalue weighted by Gasteiger charge is -2.34. The zero-order valence-electron chi connectivity index (χ0n) is 18.2. The van der Waals surface area contributed by atoms with E-state index in [1.807, 2.05) is 19.1 Å². The van der Waals surface area contributed by atoms with E-state index in [0.717, 1.165) is 25.4 Å². The van der Waals surface area contributed by atoms with E-state index in [1.54, 1.807) is 14.0 Å². The van der Waals surface area contributed by atoms with Crippen LogP contribution in [0.1, 0.15) is 25.5 Å². The number of guanidine groups is 1. The van der Waals surface area contributed by atoms with Crippen molar-refractivity contribution in [3.8, 4) is 5.75 Å². The molecule has 1 atom stereocenters. The molecule has 0 spiro atoms. The van der Waals surface area contributed by atoms with E-state index >= 15 is 0 Å². The topological polar surface area (TPSA) is 104 Å². The molecular weight excluding hydrogens is 406 g/mol. The van der Waals surface area contributed by atoms with Crippen molar-refractivity contribution in [2.24, 2.45) is 4.99 Å². The number of hydrogen-bond acceptors (Lipinski definition) is 6.